The van der Waals surface area contributed by atoms with Crippen molar-refractivity contribution in [3.63, 3.8) is 0 Å². The maximum absolute atomic E-state index is 14.3. The summed E-state index contributed by atoms with van der Waals surface area (Å²) in [7, 11) is 0. The number of nitrogens with zero attached hydrogens (tertiary/aromatic N) is 3. The van der Waals surface area contributed by atoms with Gasteiger partial charge >= 0.3 is 0 Å². The van der Waals surface area contributed by atoms with E-state index in [0.29, 0.717) is 42.8 Å². The molecule has 8 heteroatoms. The van der Waals surface area contributed by atoms with Gasteiger partial charge in [0.15, 0.2) is 0 Å². The SMILES string of the molecule is N#Cc1ccc(-c2nc([C@@H](Cc3ccccc3)c3nccc4c3CCC(C(N)=O)C4)[nH]c2Cl)cc1F. The third kappa shape index (κ3) is 4.60. The minimum absolute atomic E-state index is 0.0398. The average Bonchev–Trinajstić information content (AvgIpc) is 3.28. The molecule has 2 aromatic heterocycles. The van der Waals surface area contributed by atoms with Crippen LogP contribution in [0.15, 0.2) is 60.8 Å². The van der Waals surface area contributed by atoms with Gasteiger partial charge in [-0.05, 0) is 60.6 Å². The van der Waals surface area contributed by atoms with Crippen LogP contribution in [0.5, 0.6) is 0 Å². The maximum atomic E-state index is 14.3. The molecule has 3 N–H and O–H groups in total. The number of primary amides is 1. The summed E-state index contributed by atoms with van der Waals surface area (Å²) in [5.74, 6) is -0.726. The molecule has 36 heavy (non-hydrogen) atoms. The number of imidazole rings is 1. The number of rotatable bonds is 6. The normalized spacial score (nSPS) is 15.6. The van der Waals surface area contributed by atoms with E-state index >= 15 is 0 Å². The van der Waals surface area contributed by atoms with Gasteiger partial charge in [-0.3, -0.25) is 9.78 Å². The van der Waals surface area contributed by atoms with E-state index in [0.717, 1.165) is 22.4 Å². The van der Waals surface area contributed by atoms with Gasteiger partial charge in [-0.15, -0.1) is 0 Å². The van der Waals surface area contributed by atoms with Crippen molar-refractivity contribution in [1.29, 1.82) is 5.26 Å². The predicted molar refractivity (Wildman–Crippen MR) is 135 cm³/mol. The molecule has 1 aliphatic carbocycles. The predicted octanol–water partition coefficient (Wildman–Crippen LogP) is 5.10. The zero-order valence-electron chi connectivity index (χ0n) is 19.3. The summed E-state index contributed by atoms with van der Waals surface area (Å²) in [5.41, 5.74) is 10.6. The second-order valence-corrected chi connectivity index (χ2v) is 9.39. The molecule has 2 heterocycles. The maximum Gasteiger partial charge on any atom is 0.220 e. The van der Waals surface area contributed by atoms with Crippen molar-refractivity contribution < 1.29 is 9.18 Å². The summed E-state index contributed by atoms with van der Waals surface area (Å²) in [4.78, 5) is 24.6. The van der Waals surface area contributed by atoms with Crippen LogP contribution in [0.25, 0.3) is 11.3 Å². The highest BCUT2D eigenvalue weighted by atomic mass is 35.5. The van der Waals surface area contributed by atoms with Crippen molar-refractivity contribution in [2.45, 2.75) is 31.6 Å². The molecule has 0 bridgehead atoms. The van der Waals surface area contributed by atoms with Crippen LogP contribution in [-0.2, 0) is 24.1 Å². The quantitative estimate of drug-likeness (QED) is 0.384. The number of nitriles is 1. The lowest BCUT2D eigenvalue weighted by Crippen LogP contribution is -2.29. The third-order valence-corrected chi connectivity index (χ3v) is 7.05. The Balaban J connectivity index is 1.59. The van der Waals surface area contributed by atoms with E-state index in [1.165, 1.54) is 12.1 Å². The van der Waals surface area contributed by atoms with E-state index in [2.05, 4.69) is 4.98 Å². The Bertz CT molecular complexity index is 1480. The molecule has 1 aliphatic rings. The molecule has 0 saturated heterocycles. The van der Waals surface area contributed by atoms with Gasteiger partial charge < -0.3 is 10.7 Å². The van der Waals surface area contributed by atoms with Crippen LogP contribution in [0.3, 0.4) is 0 Å². The van der Waals surface area contributed by atoms with E-state index < -0.39 is 5.82 Å². The molecule has 2 aromatic carbocycles. The number of aromatic nitrogens is 3. The number of aromatic amines is 1. The number of carbonyl (C=O) groups excluding carboxylic acids is 1. The fraction of sp³-hybridized carbons (Fsp3) is 0.214. The minimum atomic E-state index is -0.626. The number of carbonyl (C=O) groups is 1. The summed E-state index contributed by atoms with van der Waals surface area (Å²) >= 11 is 6.56. The summed E-state index contributed by atoms with van der Waals surface area (Å²) in [5, 5.41) is 9.33. The van der Waals surface area contributed by atoms with Gasteiger partial charge in [0.05, 0.1) is 17.2 Å². The van der Waals surface area contributed by atoms with Gasteiger partial charge in [0.25, 0.3) is 0 Å². The Morgan fingerprint density at radius 2 is 2.06 bits per heavy atom. The first-order valence-electron chi connectivity index (χ1n) is 11.7. The molecular weight excluding hydrogens is 477 g/mol. The fourth-order valence-corrected chi connectivity index (χ4v) is 5.16. The van der Waals surface area contributed by atoms with Crippen molar-refractivity contribution >= 4 is 17.5 Å². The number of benzene rings is 2. The van der Waals surface area contributed by atoms with E-state index in [9.17, 15) is 9.18 Å². The van der Waals surface area contributed by atoms with Crippen molar-refractivity contribution in [1.82, 2.24) is 15.0 Å². The molecule has 0 aliphatic heterocycles. The van der Waals surface area contributed by atoms with Crippen LogP contribution in [0.2, 0.25) is 5.15 Å². The molecule has 6 nitrogen and oxygen atoms in total. The lowest BCUT2D eigenvalue weighted by molar-refractivity contribution is -0.122. The molecule has 1 amide bonds. The van der Waals surface area contributed by atoms with Gasteiger partial charge in [0, 0.05) is 17.7 Å². The van der Waals surface area contributed by atoms with Gasteiger partial charge in [0.1, 0.15) is 28.6 Å². The number of hydrogen-bond acceptors (Lipinski definition) is 4. The number of nitrogens with two attached hydrogens (primary N) is 1. The summed E-state index contributed by atoms with van der Waals surface area (Å²) < 4.78 is 14.3. The number of halogens is 2. The highest BCUT2D eigenvalue weighted by Crippen LogP contribution is 2.37. The topological polar surface area (TPSA) is 108 Å². The summed E-state index contributed by atoms with van der Waals surface area (Å²) in [6, 6.07) is 18.1. The molecule has 1 unspecified atom stereocenters. The number of amides is 1. The monoisotopic (exact) mass is 499 g/mol. The van der Waals surface area contributed by atoms with E-state index in [1.807, 2.05) is 42.5 Å². The molecule has 180 valence electrons. The molecule has 0 saturated carbocycles. The molecular formula is C28H23ClFN5O. The summed E-state index contributed by atoms with van der Waals surface area (Å²) in [6.45, 7) is 0. The van der Waals surface area contributed by atoms with Gasteiger partial charge in [-0.1, -0.05) is 48.0 Å². The number of pyridine rings is 1. The zero-order chi connectivity index (χ0) is 25.2. The Morgan fingerprint density at radius 3 is 2.78 bits per heavy atom. The first-order chi connectivity index (χ1) is 17.4. The number of fused-ring (bicyclic) bond motifs is 1. The largest absolute Gasteiger partial charge is 0.369 e. The zero-order valence-corrected chi connectivity index (χ0v) is 20.1. The third-order valence-electron chi connectivity index (χ3n) is 6.78. The molecule has 0 fully saturated rings. The van der Waals surface area contributed by atoms with Gasteiger partial charge in [0.2, 0.25) is 5.91 Å². The highest BCUT2D eigenvalue weighted by Gasteiger charge is 2.30. The van der Waals surface area contributed by atoms with Gasteiger partial charge in [-0.2, -0.15) is 5.26 Å². The van der Waals surface area contributed by atoms with Crippen molar-refractivity contribution in [3.8, 4) is 17.3 Å². The van der Waals surface area contributed by atoms with Crippen LogP contribution in [0.4, 0.5) is 4.39 Å². The smallest absolute Gasteiger partial charge is 0.220 e. The molecule has 0 spiro atoms. The van der Waals surface area contributed by atoms with Crippen molar-refractivity contribution in [2.75, 3.05) is 0 Å². The fourth-order valence-electron chi connectivity index (χ4n) is 4.91. The van der Waals surface area contributed by atoms with Crippen LogP contribution < -0.4 is 5.73 Å². The number of hydrogen-bond donors (Lipinski definition) is 2. The van der Waals surface area contributed by atoms with E-state index in [1.54, 1.807) is 12.3 Å². The average molecular weight is 500 g/mol. The first-order valence-corrected chi connectivity index (χ1v) is 12.1. The molecule has 4 aromatic rings. The van der Waals surface area contributed by atoms with Crippen LogP contribution in [0.1, 0.15) is 46.1 Å². The van der Waals surface area contributed by atoms with E-state index in [-0.39, 0.29) is 28.5 Å². The molecule has 0 radical (unpaired) electrons. The van der Waals surface area contributed by atoms with Gasteiger partial charge in [-0.25, -0.2) is 9.37 Å². The highest BCUT2D eigenvalue weighted by molar-refractivity contribution is 6.31. The van der Waals surface area contributed by atoms with Crippen LogP contribution in [0, 0.1) is 23.1 Å². The van der Waals surface area contributed by atoms with E-state index in [4.69, 9.17) is 32.6 Å². The van der Waals surface area contributed by atoms with Crippen LogP contribution >= 0.6 is 11.6 Å². The van der Waals surface area contributed by atoms with Crippen LogP contribution in [-0.4, -0.2) is 20.9 Å². The molecule has 5 rings (SSSR count). The number of H-pyrrole nitrogens is 1. The Kier molecular flexibility index (Phi) is 6.53. The second-order valence-electron chi connectivity index (χ2n) is 9.01. The standard InChI is InChI=1S/C28H23ClFN5O/c29-26-24(18-6-7-20(15-31)23(30)14-18)34-28(35-26)22(12-16-4-2-1-3-5-16)25-21-9-8-19(27(32)36)13-17(21)10-11-33-25/h1-7,10-11,14,19,22H,8-9,12-13H2,(H2,32,36)(H,34,35)/t19?,22-/m0/s1. The number of nitrogens with one attached hydrogen (secondary N) is 1. The Hall–Kier alpha value is -4.02. The van der Waals surface area contributed by atoms with Crippen molar-refractivity contribution in [3.05, 3.63) is 106 Å². The lowest BCUT2D eigenvalue weighted by atomic mass is 9.80. The Labute approximate surface area is 213 Å². The van der Waals surface area contributed by atoms with Crippen molar-refractivity contribution in [2.24, 2.45) is 11.7 Å². The molecule has 2 atom stereocenters. The lowest BCUT2D eigenvalue weighted by Gasteiger charge is -2.26. The second kappa shape index (κ2) is 9.92. The minimum Gasteiger partial charge on any atom is -0.369 e. The summed E-state index contributed by atoms with van der Waals surface area (Å²) in [6.07, 6.45) is 4.34. The first kappa shape index (κ1) is 23.7. The Morgan fingerprint density at radius 1 is 1.25 bits per heavy atom.